The number of hydrogen-bond donors (Lipinski definition) is 2. The third-order valence-corrected chi connectivity index (χ3v) is 6.21. The van der Waals surface area contributed by atoms with Gasteiger partial charge in [-0.2, -0.15) is 0 Å². The largest absolute Gasteiger partial charge is 0.389 e. The second kappa shape index (κ2) is 6.54. The molecule has 0 saturated heterocycles. The molecule has 22 heavy (non-hydrogen) atoms. The predicted octanol–water partition coefficient (Wildman–Crippen LogP) is 3.24. The minimum atomic E-state index is 0.534. The molecular formula is C19H31N3. The third-order valence-electron chi connectivity index (χ3n) is 6.21. The summed E-state index contributed by atoms with van der Waals surface area (Å²) in [7, 11) is 0. The van der Waals surface area contributed by atoms with Gasteiger partial charge in [-0.05, 0) is 55.8 Å². The number of nitrogens with zero attached hydrogens (tertiary/aromatic N) is 1. The lowest BCUT2D eigenvalue weighted by molar-refractivity contribution is 0.367. The highest BCUT2D eigenvalue weighted by Gasteiger charge is 2.59. The molecule has 0 aromatic rings. The molecular weight excluding hydrogens is 270 g/mol. The molecule has 2 aliphatic carbocycles. The first-order valence-corrected chi connectivity index (χ1v) is 9.03. The Bertz CT molecular complexity index is 483. The van der Waals surface area contributed by atoms with Gasteiger partial charge in [-0.15, -0.1) is 0 Å². The number of hydrazine groups is 1. The van der Waals surface area contributed by atoms with Crippen molar-refractivity contribution in [3.8, 4) is 12.0 Å². The van der Waals surface area contributed by atoms with Crippen LogP contribution in [-0.2, 0) is 0 Å². The maximum absolute atomic E-state index is 5.94. The van der Waals surface area contributed by atoms with Crippen LogP contribution in [-0.4, -0.2) is 18.1 Å². The molecule has 3 heteroatoms. The van der Waals surface area contributed by atoms with Gasteiger partial charge in [0.25, 0.3) is 0 Å². The molecule has 0 aromatic heterocycles. The molecule has 3 aliphatic rings. The Morgan fingerprint density at radius 3 is 3.05 bits per heavy atom. The average molecular weight is 301 g/mol. The Kier molecular flexibility index (Phi) is 4.68. The lowest BCUT2D eigenvalue weighted by Gasteiger charge is -2.19. The van der Waals surface area contributed by atoms with E-state index in [2.05, 4.69) is 37.2 Å². The molecule has 0 spiro atoms. The Morgan fingerprint density at radius 2 is 2.27 bits per heavy atom. The van der Waals surface area contributed by atoms with E-state index in [1.807, 2.05) is 0 Å². The SMILES string of the molecule is C/C1=C/CCC2(CCC#CN(N)CCC3CC3)C(CN1)[C@@H]2C. The lowest BCUT2D eigenvalue weighted by Crippen LogP contribution is -2.27. The first-order chi connectivity index (χ1) is 10.6. The van der Waals surface area contributed by atoms with Gasteiger partial charge in [0.1, 0.15) is 0 Å². The summed E-state index contributed by atoms with van der Waals surface area (Å²) in [5, 5.41) is 5.27. The Labute approximate surface area is 135 Å². The van der Waals surface area contributed by atoms with E-state index in [1.165, 1.54) is 44.2 Å². The summed E-state index contributed by atoms with van der Waals surface area (Å²) in [4.78, 5) is 0. The van der Waals surface area contributed by atoms with Crippen LogP contribution in [0.1, 0.15) is 58.8 Å². The molecule has 0 amide bonds. The number of hydrogen-bond acceptors (Lipinski definition) is 3. The third kappa shape index (κ3) is 3.60. The molecule has 3 rings (SSSR count). The lowest BCUT2D eigenvalue weighted by atomic mass is 9.89. The first kappa shape index (κ1) is 15.7. The predicted molar refractivity (Wildman–Crippen MR) is 91.3 cm³/mol. The van der Waals surface area contributed by atoms with E-state index in [4.69, 9.17) is 5.84 Å². The molecule has 3 N–H and O–H groups in total. The minimum absolute atomic E-state index is 0.534. The van der Waals surface area contributed by atoms with E-state index < -0.39 is 0 Å². The zero-order valence-corrected chi connectivity index (χ0v) is 14.2. The monoisotopic (exact) mass is 301 g/mol. The molecule has 3 nitrogen and oxygen atoms in total. The van der Waals surface area contributed by atoms with Gasteiger partial charge >= 0.3 is 0 Å². The summed E-state index contributed by atoms with van der Waals surface area (Å²) in [6.07, 6.45) is 11.1. The van der Waals surface area contributed by atoms with Crippen LogP contribution < -0.4 is 11.2 Å². The second-order valence-corrected chi connectivity index (χ2v) is 7.65. The van der Waals surface area contributed by atoms with Gasteiger partial charge in [0.15, 0.2) is 0 Å². The number of fused-ring (bicyclic) bond motifs is 1. The number of nitrogens with one attached hydrogen (secondary N) is 1. The summed E-state index contributed by atoms with van der Waals surface area (Å²) in [6.45, 7) is 6.67. The van der Waals surface area contributed by atoms with Crippen molar-refractivity contribution >= 4 is 0 Å². The van der Waals surface area contributed by atoms with Crippen molar-refractivity contribution in [2.24, 2.45) is 29.0 Å². The molecule has 1 aliphatic heterocycles. The average Bonchev–Trinajstić information content (AvgIpc) is 3.38. The Hall–Kier alpha value is -1.14. The van der Waals surface area contributed by atoms with Crippen LogP contribution in [0, 0.1) is 35.1 Å². The summed E-state index contributed by atoms with van der Waals surface area (Å²) < 4.78 is 0. The number of allylic oxidation sites excluding steroid dienone is 2. The highest BCUT2D eigenvalue weighted by atomic mass is 15.4. The summed E-state index contributed by atoms with van der Waals surface area (Å²) >= 11 is 0. The summed E-state index contributed by atoms with van der Waals surface area (Å²) in [5.74, 6) is 11.9. The van der Waals surface area contributed by atoms with Crippen LogP contribution in [0.15, 0.2) is 11.8 Å². The van der Waals surface area contributed by atoms with E-state index in [9.17, 15) is 0 Å². The van der Waals surface area contributed by atoms with Gasteiger partial charge < -0.3 is 5.32 Å². The van der Waals surface area contributed by atoms with Crippen LogP contribution in [0.2, 0.25) is 0 Å². The van der Waals surface area contributed by atoms with Gasteiger partial charge in [-0.25, -0.2) is 5.84 Å². The highest BCUT2D eigenvalue weighted by molar-refractivity contribution is 5.14. The quantitative estimate of drug-likeness (QED) is 0.354. The Balaban J connectivity index is 1.44. The van der Waals surface area contributed by atoms with Crippen molar-refractivity contribution in [1.82, 2.24) is 10.3 Å². The minimum Gasteiger partial charge on any atom is -0.389 e. The van der Waals surface area contributed by atoms with Crippen molar-refractivity contribution in [2.75, 3.05) is 13.1 Å². The fourth-order valence-corrected chi connectivity index (χ4v) is 4.27. The van der Waals surface area contributed by atoms with E-state index in [0.29, 0.717) is 5.41 Å². The fourth-order valence-electron chi connectivity index (χ4n) is 4.27. The molecule has 0 aromatic carbocycles. The fraction of sp³-hybridized carbons (Fsp3) is 0.789. The van der Waals surface area contributed by atoms with Crippen LogP contribution in [0.25, 0.3) is 0 Å². The van der Waals surface area contributed by atoms with Gasteiger partial charge in [0.05, 0.1) is 0 Å². The van der Waals surface area contributed by atoms with Crippen molar-refractivity contribution in [2.45, 2.75) is 58.8 Å². The van der Waals surface area contributed by atoms with Gasteiger partial charge in [-0.1, -0.05) is 31.8 Å². The maximum atomic E-state index is 5.94. The van der Waals surface area contributed by atoms with Crippen molar-refractivity contribution in [1.29, 1.82) is 0 Å². The van der Waals surface area contributed by atoms with Crippen LogP contribution in [0.3, 0.4) is 0 Å². The molecule has 0 radical (unpaired) electrons. The van der Waals surface area contributed by atoms with E-state index >= 15 is 0 Å². The number of rotatable bonds is 5. The number of nitrogens with two attached hydrogens (primary N) is 1. The highest BCUT2D eigenvalue weighted by Crippen LogP contribution is 2.64. The summed E-state index contributed by atoms with van der Waals surface area (Å²) in [6, 6.07) is 3.12. The molecule has 2 saturated carbocycles. The standard InChI is InChI=1S/C19H31N3/c1-15-6-5-11-19(16(2)18(19)14-21-15)10-3-4-12-22(20)13-9-17-7-8-17/h6,16-18,21H,3,5,7-11,13-14,20H2,1-2H3/b15-6-/t16-,18?,19?/m0/s1. The van der Waals surface area contributed by atoms with Crippen LogP contribution in [0.5, 0.6) is 0 Å². The van der Waals surface area contributed by atoms with E-state index in [-0.39, 0.29) is 0 Å². The normalized spacial score (nSPS) is 35.7. The molecule has 0 bridgehead atoms. The van der Waals surface area contributed by atoms with Gasteiger partial charge in [0.2, 0.25) is 0 Å². The second-order valence-electron chi connectivity index (χ2n) is 7.65. The maximum Gasteiger partial charge on any atom is 0.0430 e. The first-order valence-electron chi connectivity index (χ1n) is 9.03. The van der Waals surface area contributed by atoms with E-state index in [0.717, 1.165) is 37.3 Å². The molecule has 3 atom stereocenters. The zero-order valence-electron chi connectivity index (χ0n) is 14.2. The van der Waals surface area contributed by atoms with E-state index in [1.54, 1.807) is 5.01 Å². The van der Waals surface area contributed by atoms with Crippen molar-refractivity contribution in [3.63, 3.8) is 0 Å². The smallest absolute Gasteiger partial charge is 0.0430 e. The topological polar surface area (TPSA) is 41.3 Å². The van der Waals surface area contributed by atoms with Gasteiger partial charge in [-0.3, -0.25) is 5.01 Å². The zero-order chi connectivity index (χ0) is 15.6. The molecule has 2 fully saturated rings. The molecule has 2 unspecified atom stereocenters. The summed E-state index contributed by atoms with van der Waals surface area (Å²) in [5.41, 5.74) is 1.88. The van der Waals surface area contributed by atoms with Gasteiger partial charge in [0, 0.05) is 31.3 Å². The Morgan fingerprint density at radius 1 is 1.45 bits per heavy atom. The molecule has 1 heterocycles. The molecule has 122 valence electrons. The van der Waals surface area contributed by atoms with Crippen molar-refractivity contribution < 1.29 is 0 Å². The van der Waals surface area contributed by atoms with Crippen LogP contribution >= 0.6 is 0 Å². The van der Waals surface area contributed by atoms with Crippen molar-refractivity contribution in [3.05, 3.63) is 11.8 Å². The van der Waals surface area contributed by atoms with Crippen LogP contribution in [0.4, 0.5) is 0 Å².